The minimum absolute atomic E-state index is 0. The van der Waals surface area contributed by atoms with Crippen LogP contribution >= 0.6 is 24.0 Å². The van der Waals surface area contributed by atoms with Gasteiger partial charge in [0.05, 0.1) is 13.2 Å². The Morgan fingerprint density at radius 3 is 2.42 bits per heavy atom. The zero-order valence-corrected chi connectivity index (χ0v) is 18.6. The first-order valence-corrected chi connectivity index (χ1v) is 9.10. The Morgan fingerprint density at radius 2 is 1.85 bits per heavy atom. The Kier molecular flexibility index (Phi) is 14.0. The largest absolute Gasteiger partial charge is 0.380 e. The van der Waals surface area contributed by atoms with Crippen molar-refractivity contribution in [1.82, 2.24) is 16.0 Å². The van der Waals surface area contributed by atoms with Gasteiger partial charge in [0.15, 0.2) is 5.96 Å². The smallest absolute Gasteiger partial charge is 0.251 e. The maximum absolute atomic E-state index is 12.1. The minimum atomic E-state index is -0.0321. The molecule has 0 aliphatic rings. The van der Waals surface area contributed by atoms with Crippen LogP contribution in [0.3, 0.4) is 0 Å². The van der Waals surface area contributed by atoms with E-state index in [4.69, 9.17) is 4.74 Å². The molecule has 0 aliphatic heterocycles. The van der Waals surface area contributed by atoms with E-state index in [-0.39, 0.29) is 35.9 Å². The average Bonchev–Trinajstić information content (AvgIpc) is 2.63. The van der Waals surface area contributed by atoms with E-state index in [1.165, 1.54) is 0 Å². The van der Waals surface area contributed by atoms with Crippen molar-refractivity contribution in [3.05, 3.63) is 35.4 Å². The van der Waals surface area contributed by atoms with Gasteiger partial charge in [-0.25, -0.2) is 4.99 Å². The number of halogens is 1. The standard InChI is InChI=1S/C19H32N4O2.HI/c1-5-15(4)23-18(24)17-10-8-16(9-11-17)14-22-19(20-6-2)21-12-13-25-7-3;/h8-11,15H,5-7,12-14H2,1-4H3,(H,23,24)(H2,20,21,22);1H. The Balaban J connectivity index is 0.00000625. The zero-order valence-electron chi connectivity index (χ0n) is 16.3. The summed E-state index contributed by atoms with van der Waals surface area (Å²) in [6, 6.07) is 7.76. The second kappa shape index (κ2) is 14.8. The second-order valence-corrected chi connectivity index (χ2v) is 5.80. The summed E-state index contributed by atoms with van der Waals surface area (Å²) < 4.78 is 5.31. The van der Waals surface area contributed by atoms with Crippen LogP contribution in [0.15, 0.2) is 29.3 Å². The number of hydrogen-bond donors (Lipinski definition) is 3. The highest BCUT2D eigenvalue weighted by Gasteiger charge is 2.08. The van der Waals surface area contributed by atoms with Gasteiger partial charge in [0.25, 0.3) is 5.91 Å². The fourth-order valence-corrected chi connectivity index (χ4v) is 2.07. The molecule has 0 saturated carbocycles. The first-order valence-electron chi connectivity index (χ1n) is 9.10. The van der Waals surface area contributed by atoms with Crippen LogP contribution in [0.4, 0.5) is 0 Å². The summed E-state index contributed by atoms with van der Waals surface area (Å²) in [4.78, 5) is 16.6. The van der Waals surface area contributed by atoms with Gasteiger partial charge in [-0.05, 0) is 44.9 Å². The summed E-state index contributed by atoms with van der Waals surface area (Å²) in [6.45, 7) is 11.5. The maximum atomic E-state index is 12.1. The molecule has 0 aromatic heterocycles. The van der Waals surface area contributed by atoms with Gasteiger partial charge in [-0.1, -0.05) is 19.1 Å². The fourth-order valence-electron chi connectivity index (χ4n) is 2.07. The van der Waals surface area contributed by atoms with E-state index in [2.05, 4.69) is 27.9 Å². The Labute approximate surface area is 174 Å². The monoisotopic (exact) mass is 476 g/mol. The molecule has 26 heavy (non-hydrogen) atoms. The van der Waals surface area contributed by atoms with Crippen LogP contribution in [0.5, 0.6) is 0 Å². The Bertz CT molecular complexity index is 535. The third kappa shape index (κ3) is 9.96. The normalized spacial score (nSPS) is 12.1. The van der Waals surface area contributed by atoms with Crippen LogP contribution in [0, 0.1) is 0 Å². The summed E-state index contributed by atoms with van der Waals surface area (Å²) in [5.74, 6) is 0.733. The van der Waals surface area contributed by atoms with Gasteiger partial charge >= 0.3 is 0 Å². The van der Waals surface area contributed by atoms with Crippen molar-refractivity contribution in [1.29, 1.82) is 0 Å². The molecule has 148 valence electrons. The molecule has 1 aromatic rings. The summed E-state index contributed by atoms with van der Waals surface area (Å²) in [6.07, 6.45) is 0.919. The van der Waals surface area contributed by atoms with E-state index >= 15 is 0 Å². The van der Waals surface area contributed by atoms with Gasteiger partial charge in [0.1, 0.15) is 0 Å². The van der Waals surface area contributed by atoms with Crippen LogP contribution in [0.1, 0.15) is 50.0 Å². The van der Waals surface area contributed by atoms with Gasteiger partial charge in [-0.15, -0.1) is 24.0 Å². The van der Waals surface area contributed by atoms with E-state index in [1.54, 1.807) is 0 Å². The van der Waals surface area contributed by atoms with Crippen molar-refractivity contribution < 1.29 is 9.53 Å². The molecule has 0 saturated heterocycles. The average molecular weight is 476 g/mol. The topological polar surface area (TPSA) is 74.8 Å². The SMILES string of the molecule is CCNC(=NCc1ccc(C(=O)NC(C)CC)cc1)NCCOCC.I. The van der Waals surface area contributed by atoms with Crippen molar-refractivity contribution in [2.45, 2.75) is 46.7 Å². The lowest BCUT2D eigenvalue weighted by molar-refractivity contribution is 0.0939. The second-order valence-electron chi connectivity index (χ2n) is 5.80. The molecule has 7 heteroatoms. The number of carbonyl (C=O) groups excluding carboxylic acids is 1. The van der Waals surface area contributed by atoms with E-state index in [0.717, 1.165) is 24.5 Å². The maximum Gasteiger partial charge on any atom is 0.251 e. The van der Waals surface area contributed by atoms with Gasteiger partial charge in [0.2, 0.25) is 0 Å². The van der Waals surface area contributed by atoms with Crippen LogP contribution in [-0.4, -0.2) is 44.2 Å². The molecule has 0 spiro atoms. The molecule has 0 bridgehead atoms. The fraction of sp³-hybridized carbons (Fsp3) is 0.579. The molecule has 1 rings (SSSR count). The predicted octanol–water partition coefficient (Wildman–Crippen LogP) is 2.92. The first-order chi connectivity index (χ1) is 12.1. The molecule has 0 radical (unpaired) electrons. The quantitative estimate of drug-likeness (QED) is 0.210. The number of amides is 1. The van der Waals surface area contributed by atoms with E-state index < -0.39 is 0 Å². The van der Waals surface area contributed by atoms with Crippen molar-refractivity contribution in [3.8, 4) is 0 Å². The zero-order chi connectivity index (χ0) is 18.5. The lowest BCUT2D eigenvalue weighted by Crippen LogP contribution is -2.39. The molecule has 0 fully saturated rings. The summed E-state index contributed by atoms with van der Waals surface area (Å²) in [5, 5.41) is 9.41. The predicted molar refractivity (Wildman–Crippen MR) is 118 cm³/mol. The minimum Gasteiger partial charge on any atom is -0.380 e. The Morgan fingerprint density at radius 1 is 1.15 bits per heavy atom. The Hall–Kier alpha value is -1.35. The number of ether oxygens (including phenoxy) is 1. The van der Waals surface area contributed by atoms with Crippen molar-refractivity contribution in [2.75, 3.05) is 26.3 Å². The molecule has 1 atom stereocenters. The van der Waals surface area contributed by atoms with Gasteiger partial charge in [-0.3, -0.25) is 4.79 Å². The van der Waals surface area contributed by atoms with E-state index in [0.29, 0.717) is 31.9 Å². The van der Waals surface area contributed by atoms with E-state index in [1.807, 2.05) is 45.0 Å². The van der Waals surface area contributed by atoms with E-state index in [9.17, 15) is 4.79 Å². The highest BCUT2D eigenvalue weighted by molar-refractivity contribution is 14.0. The van der Waals surface area contributed by atoms with Gasteiger partial charge in [0, 0.05) is 31.3 Å². The molecule has 1 amide bonds. The lowest BCUT2D eigenvalue weighted by atomic mass is 10.1. The van der Waals surface area contributed by atoms with Crippen LogP contribution in [-0.2, 0) is 11.3 Å². The lowest BCUT2D eigenvalue weighted by Gasteiger charge is -2.12. The number of benzene rings is 1. The molecule has 6 nitrogen and oxygen atoms in total. The molecule has 3 N–H and O–H groups in total. The number of nitrogens with zero attached hydrogens (tertiary/aromatic N) is 1. The molecule has 0 heterocycles. The summed E-state index contributed by atoms with van der Waals surface area (Å²) in [5.41, 5.74) is 1.73. The van der Waals surface area contributed by atoms with Crippen molar-refractivity contribution in [3.63, 3.8) is 0 Å². The number of carbonyl (C=O) groups is 1. The first kappa shape index (κ1) is 24.7. The van der Waals surface area contributed by atoms with Crippen molar-refractivity contribution >= 4 is 35.8 Å². The van der Waals surface area contributed by atoms with Crippen molar-refractivity contribution in [2.24, 2.45) is 4.99 Å². The summed E-state index contributed by atoms with van der Waals surface area (Å²) >= 11 is 0. The molecular formula is C19H33IN4O2. The summed E-state index contributed by atoms with van der Waals surface area (Å²) in [7, 11) is 0. The van der Waals surface area contributed by atoms with Gasteiger partial charge in [-0.2, -0.15) is 0 Å². The molecule has 1 aromatic carbocycles. The van der Waals surface area contributed by atoms with Crippen LogP contribution in [0.25, 0.3) is 0 Å². The third-order valence-electron chi connectivity index (χ3n) is 3.71. The molecule has 1 unspecified atom stereocenters. The number of guanidine groups is 1. The van der Waals surface area contributed by atoms with Gasteiger partial charge < -0.3 is 20.7 Å². The van der Waals surface area contributed by atoms with Crippen LogP contribution in [0.2, 0.25) is 0 Å². The molecule has 0 aliphatic carbocycles. The van der Waals surface area contributed by atoms with Crippen LogP contribution < -0.4 is 16.0 Å². The highest BCUT2D eigenvalue weighted by atomic mass is 127. The number of aliphatic imine (C=N–C) groups is 1. The number of nitrogens with one attached hydrogen (secondary N) is 3. The molecular weight excluding hydrogens is 443 g/mol. The highest BCUT2D eigenvalue weighted by Crippen LogP contribution is 2.06. The number of rotatable bonds is 10. The third-order valence-corrected chi connectivity index (χ3v) is 3.71. The number of hydrogen-bond acceptors (Lipinski definition) is 3.